The van der Waals surface area contributed by atoms with E-state index in [0.29, 0.717) is 28.8 Å². The van der Waals surface area contributed by atoms with E-state index in [1.54, 1.807) is 17.4 Å². The topological polar surface area (TPSA) is 125 Å². The van der Waals surface area contributed by atoms with Crippen molar-refractivity contribution in [3.8, 4) is 28.3 Å². The van der Waals surface area contributed by atoms with Crippen LogP contribution in [0.1, 0.15) is 53.9 Å². The molecule has 1 aromatic carbocycles. The third kappa shape index (κ3) is 9.92. The number of carboxylic acid groups (broad SMARTS) is 2. The molecule has 3 aromatic rings. The molecular formula is C28H36Cl2N4O5S. The molecule has 0 radical (unpaired) electrons. The standard InChI is InChI=1S/C27H33ClN4O2S.CH2O3.ClH/c1-18-25(29-17-35-18)21-11-13-23(27(33)30-20-8-5-4-6-9-20)31-26(21)19-10-12-22(28)24(16-19)34-15-7-14-32(2)3;2-1(3)4;/h10-13,16-17,20H,4-9,14-15H2,1-3H3,(H,30,33);(H2,2,3,4);1H. The van der Waals surface area contributed by atoms with Gasteiger partial charge in [0.25, 0.3) is 5.91 Å². The summed E-state index contributed by atoms with van der Waals surface area (Å²) in [7, 11) is 4.08. The lowest BCUT2D eigenvalue weighted by molar-refractivity contribution is 0.0922. The number of ether oxygens (including phenoxy) is 1. The van der Waals surface area contributed by atoms with Gasteiger partial charge in [0.15, 0.2) is 0 Å². The van der Waals surface area contributed by atoms with Gasteiger partial charge in [-0.3, -0.25) is 4.79 Å². The van der Waals surface area contributed by atoms with E-state index in [-0.39, 0.29) is 24.4 Å². The number of hydrogen-bond donors (Lipinski definition) is 3. The number of nitrogens with zero attached hydrogens (tertiary/aromatic N) is 3. The number of benzene rings is 1. The number of aryl methyl sites for hydroxylation is 1. The largest absolute Gasteiger partial charge is 0.503 e. The fourth-order valence-corrected chi connectivity index (χ4v) is 5.15. The first-order valence-electron chi connectivity index (χ1n) is 12.9. The number of amides is 1. The zero-order chi connectivity index (χ0) is 28.4. The van der Waals surface area contributed by atoms with E-state index >= 15 is 0 Å². The van der Waals surface area contributed by atoms with Crippen molar-refractivity contribution in [3.05, 3.63) is 51.4 Å². The molecule has 1 aliphatic carbocycles. The molecule has 40 heavy (non-hydrogen) atoms. The zero-order valence-electron chi connectivity index (χ0n) is 22.9. The van der Waals surface area contributed by atoms with Crippen LogP contribution in [0.15, 0.2) is 35.8 Å². The Bertz CT molecular complexity index is 1260. The second-order valence-electron chi connectivity index (χ2n) is 9.59. The normalized spacial score (nSPS) is 13.1. The van der Waals surface area contributed by atoms with Crippen molar-refractivity contribution < 1.29 is 24.5 Å². The van der Waals surface area contributed by atoms with Crippen molar-refractivity contribution in [2.75, 3.05) is 27.2 Å². The molecule has 0 saturated heterocycles. The highest BCUT2D eigenvalue weighted by Crippen LogP contribution is 2.36. The number of hydrogen-bond acceptors (Lipinski definition) is 7. The Balaban J connectivity index is 0.00000105. The van der Waals surface area contributed by atoms with Gasteiger partial charge in [0, 0.05) is 28.6 Å². The number of halogens is 2. The number of aromatic nitrogens is 2. The summed E-state index contributed by atoms with van der Waals surface area (Å²) in [5, 5.41) is 17.7. The molecule has 9 nitrogen and oxygen atoms in total. The molecule has 218 valence electrons. The third-order valence-corrected chi connectivity index (χ3v) is 7.35. The molecule has 1 fully saturated rings. The van der Waals surface area contributed by atoms with Crippen molar-refractivity contribution in [1.82, 2.24) is 20.2 Å². The smallest absolute Gasteiger partial charge is 0.492 e. The number of pyridine rings is 1. The Morgan fingerprint density at radius 2 is 1.82 bits per heavy atom. The molecule has 0 spiro atoms. The Morgan fingerprint density at radius 1 is 1.12 bits per heavy atom. The SMILES string of the molecule is Cc1scnc1-c1ccc(C(=O)NC2CCCCC2)nc1-c1ccc(Cl)c(OCCCN(C)C)c1.Cl.O=C(O)O. The van der Waals surface area contributed by atoms with E-state index in [1.807, 2.05) is 50.8 Å². The molecule has 1 aliphatic rings. The predicted molar refractivity (Wildman–Crippen MR) is 161 cm³/mol. The number of carbonyl (C=O) groups is 2. The van der Waals surface area contributed by atoms with Crippen molar-refractivity contribution in [2.24, 2.45) is 0 Å². The molecule has 1 amide bonds. The first kappa shape index (κ1) is 33.3. The maximum absolute atomic E-state index is 13.1. The van der Waals surface area contributed by atoms with Crippen molar-refractivity contribution in [3.63, 3.8) is 0 Å². The highest BCUT2D eigenvalue weighted by molar-refractivity contribution is 7.10. The maximum Gasteiger partial charge on any atom is 0.503 e. The lowest BCUT2D eigenvalue weighted by atomic mass is 9.95. The van der Waals surface area contributed by atoms with Crippen LogP contribution >= 0.6 is 35.3 Å². The fourth-order valence-electron chi connectivity index (χ4n) is 4.39. The Hall–Kier alpha value is -2.92. The Morgan fingerprint density at radius 3 is 2.45 bits per heavy atom. The van der Waals surface area contributed by atoms with Crippen molar-refractivity contribution in [1.29, 1.82) is 0 Å². The molecule has 0 atom stereocenters. The van der Waals surface area contributed by atoms with Gasteiger partial charge in [-0.15, -0.1) is 23.7 Å². The van der Waals surface area contributed by atoms with Crippen LogP contribution in [0.2, 0.25) is 5.02 Å². The lowest BCUT2D eigenvalue weighted by Gasteiger charge is -2.22. The minimum absolute atomic E-state index is 0. The number of carbonyl (C=O) groups excluding carboxylic acids is 1. The fraction of sp³-hybridized carbons (Fsp3) is 0.429. The van der Waals surface area contributed by atoms with Gasteiger partial charge < -0.3 is 25.2 Å². The Kier molecular flexibility index (Phi) is 13.6. The Labute approximate surface area is 250 Å². The van der Waals surface area contributed by atoms with Crippen LogP contribution in [0.5, 0.6) is 5.75 Å². The van der Waals surface area contributed by atoms with Crippen LogP contribution in [0.3, 0.4) is 0 Å². The highest BCUT2D eigenvalue weighted by atomic mass is 35.5. The third-order valence-electron chi connectivity index (χ3n) is 6.28. The number of nitrogens with one attached hydrogen (secondary N) is 1. The molecule has 0 bridgehead atoms. The molecular weight excluding hydrogens is 575 g/mol. The van der Waals surface area contributed by atoms with Gasteiger partial charge >= 0.3 is 6.16 Å². The van der Waals surface area contributed by atoms with Crippen LogP contribution in [-0.4, -0.2) is 70.4 Å². The second kappa shape index (κ2) is 16.4. The van der Waals surface area contributed by atoms with Gasteiger partial charge in [0.05, 0.1) is 28.5 Å². The first-order chi connectivity index (χ1) is 18.7. The molecule has 2 aromatic heterocycles. The van der Waals surface area contributed by atoms with Crippen LogP contribution < -0.4 is 10.1 Å². The molecule has 3 N–H and O–H groups in total. The summed E-state index contributed by atoms with van der Waals surface area (Å²) in [6, 6.07) is 9.63. The lowest BCUT2D eigenvalue weighted by Crippen LogP contribution is -2.36. The zero-order valence-corrected chi connectivity index (χ0v) is 25.2. The number of thiazole rings is 1. The first-order valence-corrected chi connectivity index (χ1v) is 14.1. The van der Waals surface area contributed by atoms with E-state index in [2.05, 4.69) is 15.2 Å². The van der Waals surface area contributed by atoms with Crippen LogP contribution in [0.25, 0.3) is 22.5 Å². The summed E-state index contributed by atoms with van der Waals surface area (Å²) in [4.78, 5) is 34.3. The van der Waals surface area contributed by atoms with E-state index in [4.69, 9.17) is 36.3 Å². The molecule has 1 saturated carbocycles. The summed E-state index contributed by atoms with van der Waals surface area (Å²) in [6.45, 7) is 3.54. The minimum atomic E-state index is -1.83. The molecule has 12 heteroatoms. The molecule has 4 rings (SSSR count). The average Bonchev–Trinajstić information content (AvgIpc) is 3.33. The van der Waals surface area contributed by atoms with Gasteiger partial charge in [-0.1, -0.05) is 36.9 Å². The van der Waals surface area contributed by atoms with Gasteiger partial charge in [0.2, 0.25) is 0 Å². The number of rotatable bonds is 9. The van der Waals surface area contributed by atoms with Crippen LogP contribution in [0.4, 0.5) is 4.79 Å². The molecule has 0 unspecified atom stereocenters. The summed E-state index contributed by atoms with van der Waals surface area (Å²) in [5.41, 5.74) is 5.54. The van der Waals surface area contributed by atoms with Gasteiger partial charge in [-0.25, -0.2) is 14.8 Å². The second-order valence-corrected chi connectivity index (χ2v) is 11.1. The summed E-state index contributed by atoms with van der Waals surface area (Å²) in [6.07, 6.45) is 4.68. The maximum atomic E-state index is 13.1. The molecule has 0 aliphatic heterocycles. The minimum Gasteiger partial charge on any atom is -0.492 e. The predicted octanol–water partition coefficient (Wildman–Crippen LogP) is 6.87. The quantitative estimate of drug-likeness (QED) is 0.224. The van der Waals surface area contributed by atoms with Crippen molar-refractivity contribution in [2.45, 2.75) is 51.5 Å². The van der Waals surface area contributed by atoms with Crippen molar-refractivity contribution >= 4 is 47.4 Å². The van der Waals surface area contributed by atoms with E-state index < -0.39 is 6.16 Å². The van der Waals surface area contributed by atoms with Gasteiger partial charge in [-0.05, 0) is 64.5 Å². The van der Waals surface area contributed by atoms with E-state index in [0.717, 1.165) is 60.3 Å². The molecule has 2 heterocycles. The van der Waals surface area contributed by atoms with Gasteiger partial charge in [-0.2, -0.15) is 0 Å². The van der Waals surface area contributed by atoms with E-state index in [9.17, 15) is 4.79 Å². The van der Waals surface area contributed by atoms with E-state index in [1.165, 1.54) is 6.42 Å². The average molecular weight is 612 g/mol. The van der Waals surface area contributed by atoms with Gasteiger partial charge in [0.1, 0.15) is 11.4 Å². The summed E-state index contributed by atoms with van der Waals surface area (Å²) < 4.78 is 6.00. The highest BCUT2D eigenvalue weighted by Gasteiger charge is 2.21. The van der Waals surface area contributed by atoms with Crippen LogP contribution in [-0.2, 0) is 0 Å². The monoisotopic (exact) mass is 610 g/mol. The summed E-state index contributed by atoms with van der Waals surface area (Å²) >= 11 is 8.04. The summed E-state index contributed by atoms with van der Waals surface area (Å²) in [5.74, 6) is 0.483. The van der Waals surface area contributed by atoms with Crippen LogP contribution in [0, 0.1) is 6.92 Å².